The van der Waals surface area contributed by atoms with Crippen LogP contribution in [0.25, 0.3) is 0 Å². The first-order valence-corrected chi connectivity index (χ1v) is 13.7. The predicted molar refractivity (Wildman–Crippen MR) is 145 cm³/mol. The summed E-state index contributed by atoms with van der Waals surface area (Å²) in [6.07, 6.45) is 3.35. The Kier molecular flexibility index (Phi) is 12.2. The first-order chi connectivity index (χ1) is 17.8. The maximum Gasteiger partial charge on any atom is 0.331 e. The van der Waals surface area contributed by atoms with E-state index in [1.54, 1.807) is 13.8 Å². The minimum atomic E-state index is -1.33. The van der Waals surface area contributed by atoms with Gasteiger partial charge in [0.2, 0.25) is 0 Å². The molecule has 0 spiro atoms. The molecule has 2 rings (SSSR count). The summed E-state index contributed by atoms with van der Waals surface area (Å²) in [4.78, 5) is 23.2. The van der Waals surface area contributed by atoms with Crippen LogP contribution < -0.4 is 0 Å². The lowest BCUT2D eigenvalue weighted by molar-refractivity contribution is -0.273. The molecule has 2 aliphatic rings. The van der Waals surface area contributed by atoms with Crippen molar-refractivity contribution >= 4 is 11.9 Å². The molecule has 1 aliphatic carbocycles. The Labute approximate surface area is 227 Å². The number of rotatable bonds is 13. The summed E-state index contributed by atoms with van der Waals surface area (Å²) in [6, 6.07) is 0. The number of carboxylic acid groups (broad SMARTS) is 1. The molecule has 8 atom stereocenters. The molecule has 1 heterocycles. The Morgan fingerprint density at radius 1 is 1.24 bits per heavy atom. The van der Waals surface area contributed by atoms with Crippen molar-refractivity contribution < 1.29 is 39.1 Å². The second-order valence-electron chi connectivity index (χ2n) is 11.8. The lowest BCUT2D eigenvalue weighted by Crippen LogP contribution is -2.55. The fourth-order valence-corrected chi connectivity index (χ4v) is 5.94. The average molecular weight is 537 g/mol. The monoisotopic (exact) mass is 536 g/mol. The third kappa shape index (κ3) is 8.76. The molecule has 0 aromatic rings. The molecule has 0 saturated carbocycles. The van der Waals surface area contributed by atoms with Crippen LogP contribution in [-0.2, 0) is 23.8 Å². The van der Waals surface area contributed by atoms with Crippen molar-refractivity contribution in [3.8, 4) is 0 Å². The van der Waals surface area contributed by atoms with Gasteiger partial charge in [0.1, 0.15) is 12.2 Å². The summed E-state index contributed by atoms with van der Waals surface area (Å²) < 4.78 is 16.5. The van der Waals surface area contributed by atoms with Crippen LogP contribution in [0.2, 0.25) is 0 Å². The van der Waals surface area contributed by atoms with Crippen LogP contribution in [-0.4, -0.2) is 65.1 Å². The van der Waals surface area contributed by atoms with Gasteiger partial charge in [0, 0.05) is 12.5 Å². The van der Waals surface area contributed by atoms with Crippen LogP contribution in [0.15, 0.2) is 35.5 Å². The van der Waals surface area contributed by atoms with Crippen molar-refractivity contribution in [2.45, 2.75) is 105 Å². The van der Waals surface area contributed by atoms with E-state index < -0.39 is 36.5 Å². The summed E-state index contributed by atoms with van der Waals surface area (Å²) in [5.74, 6) is -0.478. The Morgan fingerprint density at radius 2 is 1.92 bits per heavy atom. The van der Waals surface area contributed by atoms with Gasteiger partial charge >= 0.3 is 11.9 Å². The zero-order valence-corrected chi connectivity index (χ0v) is 23.9. The first kappa shape index (κ1) is 32.2. The fraction of sp³-hybridized carbons (Fsp3) is 0.733. The molecule has 216 valence electrons. The first-order valence-electron chi connectivity index (χ1n) is 13.7. The van der Waals surface area contributed by atoms with Crippen molar-refractivity contribution in [3.63, 3.8) is 0 Å². The molecule has 1 fully saturated rings. The zero-order valence-electron chi connectivity index (χ0n) is 23.9. The topological polar surface area (TPSA) is 123 Å². The minimum absolute atomic E-state index is 0.0626. The van der Waals surface area contributed by atoms with Crippen molar-refractivity contribution in [3.05, 3.63) is 35.5 Å². The normalized spacial score (nSPS) is 32.2. The standard InChI is InChI=1S/C30H48O8/c1-18(2)16-26(33)38-24-17-37-29(28(35)27(24)34)36-15-13-20(5)8-10-23-21(6)9-11-22(19(3)4)30(23,7)14-12-25(31)32/h9,16,20,22-24,27-29,34-35H,3,8,10-15,17H2,1-2,4-7H3,(H,31,32). The van der Waals surface area contributed by atoms with Crippen molar-refractivity contribution in [1.82, 2.24) is 0 Å². The molecule has 8 heteroatoms. The van der Waals surface area contributed by atoms with Crippen molar-refractivity contribution in [1.29, 1.82) is 0 Å². The highest BCUT2D eigenvalue weighted by atomic mass is 16.7. The molecule has 38 heavy (non-hydrogen) atoms. The molecule has 0 amide bonds. The number of carbonyl (C=O) groups excluding carboxylic acids is 1. The molecule has 1 aliphatic heterocycles. The molecular formula is C30H48O8. The van der Waals surface area contributed by atoms with Gasteiger partial charge in [-0.2, -0.15) is 0 Å². The quantitative estimate of drug-likeness (QED) is 0.174. The van der Waals surface area contributed by atoms with Crippen LogP contribution >= 0.6 is 0 Å². The lowest BCUT2D eigenvalue weighted by Gasteiger charge is -2.48. The number of allylic oxidation sites excluding steroid dienone is 4. The van der Waals surface area contributed by atoms with E-state index in [0.29, 0.717) is 18.9 Å². The van der Waals surface area contributed by atoms with Gasteiger partial charge in [0.05, 0.1) is 13.2 Å². The number of carbonyl (C=O) groups is 2. The molecule has 0 radical (unpaired) electrons. The number of aliphatic hydroxyl groups is 2. The van der Waals surface area contributed by atoms with Crippen LogP contribution in [0.5, 0.6) is 0 Å². The van der Waals surface area contributed by atoms with Gasteiger partial charge in [0.15, 0.2) is 12.4 Å². The summed E-state index contributed by atoms with van der Waals surface area (Å²) in [6.45, 7) is 16.6. The Balaban J connectivity index is 1.87. The smallest absolute Gasteiger partial charge is 0.331 e. The van der Waals surface area contributed by atoms with E-state index in [9.17, 15) is 24.9 Å². The number of carboxylic acids is 1. The average Bonchev–Trinajstić information content (AvgIpc) is 2.81. The van der Waals surface area contributed by atoms with E-state index in [0.717, 1.165) is 36.8 Å². The molecule has 0 aromatic heterocycles. The van der Waals surface area contributed by atoms with Crippen LogP contribution in [0.4, 0.5) is 0 Å². The van der Waals surface area contributed by atoms with Gasteiger partial charge in [-0.05, 0) is 76.5 Å². The Hall–Kier alpha value is -2.00. The number of esters is 1. The van der Waals surface area contributed by atoms with Gasteiger partial charge < -0.3 is 29.5 Å². The third-order valence-corrected chi connectivity index (χ3v) is 8.24. The number of aliphatic hydroxyl groups excluding tert-OH is 2. The van der Waals surface area contributed by atoms with Crippen LogP contribution in [0.1, 0.15) is 80.1 Å². The molecular weight excluding hydrogens is 488 g/mol. The van der Waals surface area contributed by atoms with Gasteiger partial charge in [-0.1, -0.05) is 49.6 Å². The third-order valence-electron chi connectivity index (χ3n) is 8.24. The maximum atomic E-state index is 11.8. The molecule has 0 bridgehead atoms. The zero-order chi connectivity index (χ0) is 28.6. The summed E-state index contributed by atoms with van der Waals surface area (Å²) >= 11 is 0. The maximum absolute atomic E-state index is 11.8. The van der Waals surface area contributed by atoms with E-state index in [4.69, 9.17) is 14.2 Å². The predicted octanol–water partition coefficient (Wildman–Crippen LogP) is 4.80. The number of ether oxygens (including phenoxy) is 3. The molecule has 0 aromatic carbocycles. The van der Waals surface area contributed by atoms with Gasteiger partial charge in [-0.3, -0.25) is 4.79 Å². The van der Waals surface area contributed by atoms with Gasteiger partial charge in [0.25, 0.3) is 0 Å². The van der Waals surface area contributed by atoms with Gasteiger partial charge in [-0.25, -0.2) is 4.79 Å². The number of aliphatic carboxylic acids is 1. The largest absolute Gasteiger partial charge is 0.481 e. The van der Waals surface area contributed by atoms with E-state index in [1.807, 2.05) is 6.92 Å². The Morgan fingerprint density at radius 3 is 2.53 bits per heavy atom. The second-order valence-corrected chi connectivity index (χ2v) is 11.8. The van der Waals surface area contributed by atoms with Gasteiger partial charge in [-0.15, -0.1) is 0 Å². The SMILES string of the molecule is C=C(C)C1CC=C(C)C(CCC(C)CCOC2OCC(OC(=O)C=C(C)C)C(O)C2O)C1(C)CCC(=O)O. The van der Waals surface area contributed by atoms with Crippen LogP contribution in [0, 0.1) is 23.2 Å². The second kappa shape index (κ2) is 14.4. The number of hydrogen-bond donors (Lipinski definition) is 3. The van der Waals surface area contributed by atoms with E-state index in [-0.39, 0.29) is 30.3 Å². The summed E-state index contributed by atoms with van der Waals surface area (Å²) in [5, 5.41) is 30.2. The minimum Gasteiger partial charge on any atom is -0.481 e. The number of hydrogen-bond acceptors (Lipinski definition) is 7. The van der Waals surface area contributed by atoms with Crippen molar-refractivity contribution in [2.75, 3.05) is 13.2 Å². The molecule has 8 unspecified atom stereocenters. The highest BCUT2D eigenvalue weighted by molar-refractivity contribution is 5.82. The van der Waals surface area contributed by atoms with Crippen LogP contribution in [0.3, 0.4) is 0 Å². The summed E-state index contributed by atoms with van der Waals surface area (Å²) in [7, 11) is 0. The van der Waals surface area contributed by atoms with E-state index in [1.165, 1.54) is 11.6 Å². The summed E-state index contributed by atoms with van der Waals surface area (Å²) in [5.41, 5.74) is 3.05. The fourth-order valence-electron chi connectivity index (χ4n) is 5.94. The molecule has 3 N–H and O–H groups in total. The lowest BCUT2D eigenvalue weighted by atomic mass is 9.56. The van der Waals surface area contributed by atoms with Crippen molar-refractivity contribution in [2.24, 2.45) is 23.2 Å². The van der Waals surface area contributed by atoms with E-state index >= 15 is 0 Å². The highest BCUT2D eigenvalue weighted by Crippen LogP contribution is 2.52. The Bertz CT molecular complexity index is 889. The molecule has 8 nitrogen and oxygen atoms in total. The highest BCUT2D eigenvalue weighted by Gasteiger charge is 2.44. The molecule has 1 saturated heterocycles. The van der Waals surface area contributed by atoms with E-state index in [2.05, 4.69) is 33.4 Å².